The van der Waals surface area contributed by atoms with Crippen LogP contribution in [0.25, 0.3) is 16.7 Å². The molecule has 6 rings (SSSR count). The first kappa shape index (κ1) is 20.2. The van der Waals surface area contributed by atoms with E-state index in [0.717, 1.165) is 66.6 Å². The van der Waals surface area contributed by atoms with E-state index in [1.807, 2.05) is 47.0 Å². The Morgan fingerprint density at radius 1 is 1.06 bits per heavy atom. The zero-order valence-electron chi connectivity index (χ0n) is 18.4. The average molecular weight is 442 g/mol. The van der Waals surface area contributed by atoms with Gasteiger partial charge in [-0.1, -0.05) is 30.3 Å². The lowest BCUT2D eigenvalue weighted by Crippen LogP contribution is -2.34. The summed E-state index contributed by atoms with van der Waals surface area (Å²) in [7, 11) is 0. The van der Waals surface area contributed by atoms with E-state index >= 15 is 0 Å². The maximum absolute atomic E-state index is 13.2. The van der Waals surface area contributed by atoms with Gasteiger partial charge in [-0.2, -0.15) is 0 Å². The molecule has 0 bridgehead atoms. The zero-order chi connectivity index (χ0) is 22.4. The van der Waals surface area contributed by atoms with E-state index in [4.69, 9.17) is 4.98 Å². The normalized spacial score (nSPS) is 21.7. The number of nitrogens with one attached hydrogen (secondary N) is 2. The Balaban J connectivity index is 1.30. The summed E-state index contributed by atoms with van der Waals surface area (Å²) in [5.74, 6) is 0.668. The predicted octanol–water partition coefficient (Wildman–Crippen LogP) is 4.02. The van der Waals surface area contributed by atoms with Crippen LogP contribution in [0.15, 0.2) is 60.9 Å². The summed E-state index contributed by atoms with van der Waals surface area (Å²) < 4.78 is 1.99. The maximum atomic E-state index is 13.2. The van der Waals surface area contributed by atoms with Crippen molar-refractivity contribution in [3.05, 3.63) is 72.1 Å². The second-order valence-electron chi connectivity index (χ2n) is 9.34. The number of nitrogens with zero attached hydrogens (tertiary/aromatic N) is 3. The van der Waals surface area contributed by atoms with Gasteiger partial charge in [-0.25, -0.2) is 9.97 Å². The molecular weight excluding hydrogens is 414 g/mol. The molecule has 7 heteroatoms. The predicted molar refractivity (Wildman–Crippen MR) is 127 cm³/mol. The molecule has 0 unspecified atom stereocenters. The second-order valence-corrected chi connectivity index (χ2v) is 9.34. The number of aliphatic hydroxyl groups excluding tert-OH is 1. The van der Waals surface area contributed by atoms with Crippen LogP contribution in [0.2, 0.25) is 0 Å². The molecule has 0 radical (unpaired) electrons. The van der Waals surface area contributed by atoms with Crippen LogP contribution in [0.1, 0.15) is 54.4 Å². The molecule has 2 fully saturated rings. The van der Waals surface area contributed by atoms with Gasteiger partial charge in [0, 0.05) is 24.0 Å². The molecule has 168 valence electrons. The van der Waals surface area contributed by atoms with Gasteiger partial charge < -0.3 is 15.7 Å². The number of carbonyl (C=O) groups is 1. The highest BCUT2D eigenvalue weighted by atomic mass is 16.3. The van der Waals surface area contributed by atoms with Crippen molar-refractivity contribution < 1.29 is 9.90 Å². The van der Waals surface area contributed by atoms with Crippen molar-refractivity contribution in [1.29, 1.82) is 0 Å². The number of rotatable bonds is 5. The molecule has 2 aromatic heterocycles. The Bertz CT molecular complexity index is 1320. The first-order chi connectivity index (χ1) is 16.1. The lowest BCUT2D eigenvalue weighted by Gasteiger charge is -2.26. The number of hydrogen-bond acceptors (Lipinski definition) is 5. The number of anilines is 1. The smallest absolute Gasteiger partial charge is 0.252 e. The van der Waals surface area contributed by atoms with Gasteiger partial charge in [0.15, 0.2) is 11.5 Å². The van der Waals surface area contributed by atoms with Gasteiger partial charge in [0.05, 0.1) is 22.7 Å². The summed E-state index contributed by atoms with van der Waals surface area (Å²) in [6.07, 6.45) is 8.81. The van der Waals surface area contributed by atoms with Crippen LogP contribution in [-0.2, 0) is 5.54 Å². The molecule has 33 heavy (non-hydrogen) atoms. The van der Waals surface area contributed by atoms with Gasteiger partial charge in [0.1, 0.15) is 0 Å². The third kappa shape index (κ3) is 3.72. The van der Waals surface area contributed by atoms with Crippen LogP contribution in [0.5, 0.6) is 0 Å². The van der Waals surface area contributed by atoms with Crippen molar-refractivity contribution in [2.45, 2.75) is 56.2 Å². The lowest BCUT2D eigenvalue weighted by molar-refractivity contribution is 0.0931. The van der Waals surface area contributed by atoms with Crippen molar-refractivity contribution in [1.82, 2.24) is 19.7 Å². The van der Waals surface area contributed by atoms with E-state index < -0.39 is 0 Å². The van der Waals surface area contributed by atoms with E-state index in [1.165, 1.54) is 0 Å². The monoisotopic (exact) mass is 441 g/mol. The molecule has 3 N–H and O–H groups in total. The van der Waals surface area contributed by atoms with Crippen LogP contribution in [0.3, 0.4) is 0 Å². The Morgan fingerprint density at radius 3 is 2.61 bits per heavy atom. The van der Waals surface area contributed by atoms with Crippen molar-refractivity contribution in [3.63, 3.8) is 0 Å². The van der Waals surface area contributed by atoms with Gasteiger partial charge in [-0.3, -0.25) is 9.20 Å². The fourth-order valence-electron chi connectivity index (χ4n) is 4.96. The minimum absolute atomic E-state index is 0.0746. The summed E-state index contributed by atoms with van der Waals surface area (Å²) in [5.41, 5.74) is 3.92. The molecule has 4 aromatic rings. The first-order valence-corrected chi connectivity index (χ1v) is 11.7. The summed E-state index contributed by atoms with van der Waals surface area (Å²) in [6, 6.07) is 16.1. The molecule has 2 aromatic carbocycles. The Hall–Kier alpha value is -3.45. The van der Waals surface area contributed by atoms with Crippen LogP contribution < -0.4 is 10.6 Å². The molecule has 0 atom stereocenters. The van der Waals surface area contributed by atoms with Crippen LogP contribution >= 0.6 is 0 Å². The van der Waals surface area contributed by atoms with E-state index in [0.29, 0.717) is 5.56 Å². The van der Waals surface area contributed by atoms with Gasteiger partial charge in [-0.15, -0.1) is 0 Å². The number of imidazole rings is 1. The number of amides is 1. The van der Waals surface area contributed by atoms with Gasteiger partial charge in [0.25, 0.3) is 5.91 Å². The maximum Gasteiger partial charge on any atom is 0.252 e. The molecule has 2 heterocycles. The number of fused-ring (bicyclic) bond motifs is 3. The fraction of sp³-hybridized carbons (Fsp3) is 0.346. The van der Waals surface area contributed by atoms with Crippen molar-refractivity contribution in [2.24, 2.45) is 0 Å². The molecule has 1 amide bonds. The van der Waals surface area contributed by atoms with E-state index in [9.17, 15) is 9.90 Å². The third-order valence-electron chi connectivity index (χ3n) is 7.05. The zero-order valence-corrected chi connectivity index (χ0v) is 18.4. The van der Waals surface area contributed by atoms with Gasteiger partial charge in [-0.05, 0) is 62.3 Å². The molecule has 0 saturated heterocycles. The number of aliphatic hydroxyl groups is 1. The summed E-state index contributed by atoms with van der Waals surface area (Å²) in [6.45, 7) is 0. The van der Waals surface area contributed by atoms with E-state index in [1.54, 1.807) is 6.20 Å². The number of carbonyl (C=O) groups excluding carboxylic acids is 1. The molecule has 2 saturated carbocycles. The first-order valence-electron chi connectivity index (χ1n) is 11.7. The quantitative estimate of drug-likeness (QED) is 0.435. The number of hydrogen-bond donors (Lipinski definition) is 3. The molecular formula is C26H27N5O2. The highest BCUT2D eigenvalue weighted by Crippen LogP contribution is 2.45. The molecule has 0 spiro atoms. The van der Waals surface area contributed by atoms with E-state index in [2.05, 4.69) is 27.8 Å². The Labute approximate surface area is 191 Å². The SMILES string of the molecule is O=C(NC1(c2ccccc2)CC1)c1ccc2nc(NC3CCC(O)CC3)c3nccn3c2c1. The molecule has 0 aliphatic heterocycles. The van der Waals surface area contributed by atoms with Gasteiger partial charge >= 0.3 is 0 Å². The van der Waals surface area contributed by atoms with Crippen LogP contribution in [0, 0.1) is 0 Å². The Morgan fingerprint density at radius 2 is 1.85 bits per heavy atom. The topological polar surface area (TPSA) is 91.5 Å². The molecule has 7 nitrogen and oxygen atoms in total. The minimum atomic E-state index is -0.253. The Kier molecular flexibility index (Phi) is 4.80. The van der Waals surface area contributed by atoms with Gasteiger partial charge in [0.2, 0.25) is 0 Å². The number of aromatic nitrogens is 3. The average Bonchev–Trinajstić information content (AvgIpc) is 3.45. The van der Waals surface area contributed by atoms with Crippen LogP contribution in [0.4, 0.5) is 5.82 Å². The minimum Gasteiger partial charge on any atom is -0.393 e. The van der Waals surface area contributed by atoms with Crippen molar-refractivity contribution >= 4 is 28.4 Å². The molecule has 2 aliphatic carbocycles. The molecule has 2 aliphatic rings. The van der Waals surface area contributed by atoms with Crippen molar-refractivity contribution in [2.75, 3.05) is 5.32 Å². The lowest BCUT2D eigenvalue weighted by atomic mass is 9.93. The second kappa shape index (κ2) is 7.85. The van der Waals surface area contributed by atoms with Crippen LogP contribution in [-0.4, -0.2) is 37.5 Å². The van der Waals surface area contributed by atoms with Crippen molar-refractivity contribution in [3.8, 4) is 0 Å². The summed E-state index contributed by atoms with van der Waals surface area (Å²) in [5, 5.41) is 16.6. The summed E-state index contributed by atoms with van der Waals surface area (Å²) in [4.78, 5) is 22.5. The highest BCUT2D eigenvalue weighted by molar-refractivity contribution is 5.98. The highest BCUT2D eigenvalue weighted by Gasteiger charge is 2.45. The largest absolute Gasteiger partial charge is 0.393 e. The summed E-state index contributed by atoms with van der Waals surface area (Å²) >= 11 is 0. The van der Waals surface area contributed by atoms with E-state index in [-0.39, 0.29) is 23.6 Å². The fourth-order valence-corrected chi connectivity index (χ4v) is 4.96. The standard InChI is InChI=1S/C26H27N5O2/c32-20-9-7-19(8-10-20)28-23-24-27-14-15-31(24)22-16-17(6-11-21(22)29-23)25(33)30-26(12-13-26)18-4-2-1-3-5-18/h1-6,11,14-16,19-20,32H,7-10,12-13H2,(H,28,29)(H,30,33). The third-order valence-corrected chi connectivity index (χ3v) is 7.05. The number of benzene rings is 2.